The van der Waals surface area contributed by atoms with Crippen molar-refractivity contribution in [2.24, 2.45) is 0 Å². The van der Waals surface area contributed by atoms with Crippen molar-refractivity contribution in [2.75, 3.05) is 0 Å². The quantitative estimate of drug-likeness (QED) is 0.683. The molecule has 0 saturated carbocycles. The lowest BCUT2D eigenvalue weighted by molar-refractivity contribution is 1.31. The minimum Gasteiger partial charge on any atom is -0.265 e. The fourth-order valence-electron chi connectivity index (χ4n) is 1.88. The lowest BCUT2D eigenvalue weighted by Gasteiger charge is -1.97. The van der Waals surface area contributed by atoms with Gasteiger partial charge in [-0.1, -0.05) is 30.3 Å². The van der Waals surface area contributed by atoms with Crippen LogP contribution in [0.5, 0.6) is 0 Å². The smallest absolute Gasteiger partial charge is 0.124 e. The first-order chi connectivity index (χ1) is 8.84. The summed E-state index contributed by atoms with van der Waals surface area (Å²) in [4.78, 5) is 10.0. The monoisotopic (exact) mass is 252 g/mol. The molecule has 0 spiro atoms. The average molecular weight is 252 g/mol. The van der Waals surface area contributed by atoms with Crippen LogP contribution >= 0.6 is 11.3 Å². The van der Waals surface area contributed by atoms with Gasteiger partial charge in [-0.2, -0.15) is 0 Å². The topological polar surface area (TPSA) is 25.8 Å². The first-order valence-electron chi connectivity index (χ1n) is 5.78. The second-order valence-corrected chi connectivity index (χ2v) is 5.23. The van der Waals surface area contributed by atoms with Gasteiger partial charge < -0.3 is 0 Å². The van der Waals surface area contributed by atoms with Crippen LogP contribution in [0.15, 0.2) is 54.9 Å². The fraction of sp³-hybridized carbons (Fsp3) is 0.0667. The van der Waals surface area contributed by atoms with Crippen molar-refractivity contribution in [2.45, 2.75) is 6.92 Å². The van der Waals surface area contributed by atoms with Crippen molar-refractivity contribution in [3.63, 3.8) is 0 Å². The summed E-state index contributed by atoms with van der Waals surface area (Å²) in [5, 5.41) is 1.05. The number of pyridine rings is 1. The Morgan fingerprint density at radius 1 is 0.889 bits per heavy atom. The minimum absolute atomic E-state index is 1.05. The van der Waals surface area contributed by atoms with Crippen LogP contribution < -0.4 is 0 Å². The van der Waals surface area contributed by atoms with E-state index in [1.54, 1.807) is 23.7 Å². The number of aryl methyl sites for hydroxylation is 1. The first-order valence-corrected chi connectivity index (χ1v) is 6.59. The minimum atomic E-state index is 1.05. The highest BCUT2D eigenvalue weighted by atomic mass is 32.1. The third kappa shape index (κ3) is 2.05. The second kappa shape index (κ2) is 4.70. The molecule has 18 heavy (non-hydrogen) atoms. The number of nitrogens with zero attached hydrogens (tertiary/aromatic N) is 2. The fourth-order valence-corrected chi connectivity index (χ4v) is 2.82. The molecule has 0 bridgehead atoms. The van der Waals surface area contributed by atoms with E-state index >= 15 is 0 Å². The van der Waals surface area contributed by atoms with Crippen molar-refractivity contribution in [1.82, 2.24) is 9.97 Å². The van der Waals surface area contributed by atoms with E-state index in [9.17, 15) is 0 Å². The molecule has 2 aromatic heterocycles. The van der Waals surface area contributed by atoms with Crippen LogP contribution in [0, 0.1) is 6.92 Å². The maximum atomic E-state index is 4.74. The van der Waals surface area contributed by atoms with E-state index in [1.807, 2.05) is 30.3 Å². The van der Waals surface area contributed by atoms with E-state index in [0.29, 0.717) is 0 Å². The molecule has 0 amide bonds. The number of benzene rings is 1. The molecule has 0 N–H and O–H groups in total. The first kappa shape index (κ1) is 11.1. The zero-order valence-electron chi connectivity index (χ0n) is 10.00. The van der Waals surface area contributed by atoms with Gasteiger partial charge in [-0.25, -0.2) is 4.98 Å². The molecule has 3 heteroatoms. The standard InChI is InChI=1S/C15H12N2S/c1-11-14(12-5-3-2-4-6-12)17-15(18-11)13-7-9-16-10-8-13/h2-10H,1H3. The summed E-state index contributed by atoms with van der Waals surface area (Å²) >= 11 is 1.72. The Kier molecular flexibility index (Phi) is 2.90. The molecule has 0 aliphatic heterocycles. The van der Waals surface area contributed by atoms with Crippen molar-refractivity contribution >= 4 is 11.3 Å². The van der Waals surface area contributed by atoms with Crippen molar-refractivity contribution in [1.29, 1.82) is 0 Å². The summed E-state index contributed by atoms with van der Waals surface area (Å²) in [6, 6.07) is 14.3. The van der Waals surface area contributed by atoms with Crippen molar-refractivity contribution in [3.05, 3.63) is 59.7 Å². The van der Waals surface area contributed by atoms with E-state index in [2.05, 4.69) is 24.0 Å². The Bertz CT molecular complexity index is 645. The SMILES string of the molecule is Cc1sc(-c2ccncc2)nc1-c1ccccc1. The van der Waals surface area contributed by atoms with Crippen LogP contribution in [0.4, 0.5) is 0 Å². The van der Waals surface area contributed by atoms with Crippen LogP contribution in [0.3, 0.4) is 0 Å². The molecular weight excluding hydrogens is 240 g/mol. The Morgan fingerprint density at radius 3 is 2.33 bits per heavy atom. The predicted octanol–water partition coefficient (Wildman–Crippen LogP) is 4.18. The largest absolute Gasteiger partial charge is 0.265 e. The highest BCUT2D eigenvalue weighted by Crippen LogP contribution is 2.32. The second-order valence-electron chi connectivity index (χ2n) is 4.03. The highest BCUT2D eigenvalue weighted by Gasteiger charge is 2.10. The van der Waals surface area contributed by atoms with Crippen molar-refractivity contribution < 1.29 is 0 Å². The molecule has 2 heterocycles. The van der Waals surface area contributed by atoms with Gasteiger partial charge in [0.25, 0.3) is 0 Å². The Hall–Kier alpha value is -2.00. The molecule has 0 fully saturated rings. The maximum absolute atomic E-state index is 4.74. The van der Waals surface area contributed by atoms with Crippen molar-refractivity contribution in [3.8, 4) is 21.8 Å². The van der Waals surface area contributed by atoms with Gasteiger partial charge in [-0.05, 0) is 19.1 Å². The number of hydrogen-bond donors (Lipinski definition) is 0. The van der Waals surface area contributed by atoms with E-state index < -0.39 is 0 Å². The third-order valence-corrected chi connectivity index (χ3v) is 3.79. The van der Waals surface area contributed by atoms with Crippen LogP contribution in [-0.2, 0) is 0 Å². The van der Waals surface area contributed by atoms with Gasteiger partial charge >= 0.3 is 0 Å². The number of hydrogen-bond acceptors (Lipinski definition) is 3. The van der Waals surface area contributed by atoms with Gasteiger partial charge in [0.1, 0.15) is 5.01 Å². The van der Waals surface area contributed by atoms with Gasteiger partial charge in [0.15, 0.2) is 0 Å². The molecule has 0 saturated heterocycles. The normalized spacial score (nSPS) is 10.5. The third-order valence-electron chi connectivity index (χ3n) is 2.77. The van der Waals surface area contributed by atoms with E-state index in [1.165, 1.54) is 10.4 Å². The Labute approximate surface area is 110 Å². The van der Waals surface area contributed by atoms with Gasteiger partial charge in [0, 0.05) is 28.4 Å². The van der Waals surface area contributed by atoms with Gasteiger partial charge in [-0.3, -0.25) is 4.98 Å². The predicted molar refractivity (Wildman–Crippen MR) is 75.5 cm³/mol. The average Bonchev–Trinajstić information content (AvgIpc) is 2.83. The van der Waals surface area contributed by atoms with E-state index in [-0.39, 0.29) is 0 Å². The molecule has 0 aliphatic rings. The molecule has 2 nitrogen and oxygen atoms in total. The number of thiazole rings is 1. The summed E-state index contributed by atoms with van der Waals surface area (Å²) in [6.07, 6.45) is 3.60. The van der Waals surface area contributed by atoms with Gasteiger partial charge in [-0.15, -0.1) is 11.3 Å². The summed E-state index contributed by atoms with van der Waals surface area (Å²) < 4.78 is 0. The van der Waals surface area contributed by atoms with Crippen LogP contribution in [0.1, 0.15) is 4.88 Å². The van der Waals surface area contributed by atoms with Crippen LogP contribution in [-0.4, -0.2) is 9.97 Å². The summed E-state index contributed by atoms with van der Waals surface area (Å²) in [5.74, 6) is 0. The van der Waals surface area contributed by atoms with Crippen LogP contribution in [0.25, 0.3) is 21.8 Å². The van der Waals surface area contributed by atoms with Gasteiger partial charge in [0.05, 0.1) is 5.69 Å². The van der Waals surface area contributed by atoms with E-state index in [4.69, 9.17) is 4.98 Å². The van der Waals surface area contributed by atoms with Crippen LogP contribution in [0.2, 0.25) is 0 Å². The number of aromatic nitrogens is 2. The molecular formula is C15H12N2S. The number of rotatable bonds is 2. The molecule has 0 radical (unpaired) electrons. The zero-order valence-corrected chi connectivity index (χ0v) is 10.8. The molecule has 3 rings (SSSR count). The molecule has 0 atom stereocenters. The zero-order chi connectivity index (χ0) is 12.4. The maximum Gasteiger partial charge on any atom is 0.124 e. The molecule has 1 aromatic carbocycles. The molecule has 3 aromatic rings. The Balaban J connectivity index is 2.07. The lowest BCUT2D eigenvalue weighted by Crippen LogP contribution is -1.80. The lowest BCUT2D eigenvalue weighted by atomic mass is 10.1. The molecule has 88 valence electrons. The molecule has 0 aliphatic carbocycles. The Morgan fingerprint density at radius 2 is 1.61 bits per heavy atom. The summed E-state index contributed by atoms with van der Waals surface area (Å²) in [5.41, 5.74) is 3.37. The highest BCUT2D eigenvalue weighted by molar-refractivity contribution is 7.15. The summed E-state index contributed by atoms with van der Waals surface area (Å²) in [7, 11) is 0. The molecule has 0 unspecified atom stereocenters. The van der Waals surface area contributed by atoms with E-state index in [0.717, 1.165) is 16.3 Å². The summed E-state index contributed by atoms with van der Waals surface area (Å²) in [6.45, 7) is 2.12. The van der Waals surface area contributed by atoms with Gasteiger partial charge in [0.2, 0.25) is 0 Å².